The Labute approximate surface area is 150 Å². The van der Waals surface area contributed by atoms with E-state index in [1.807, 2.05) is 0 Å². The van der Waals surface area contributed by atoms with Gasteiger partial charge in [0.1, 0.15) is 0 Å². The van der Waals surface area contributed by atoms with E-state index in [1.54, 1.807) is 42.5 Å². The lowest BCUT2D eigenvalue weighted by molar-refractivity contribution is 0.723. The summed E-state index contributed by atoms with van der Waals surface area (Å²) in [5.74, 6) is 0. The van der Waals surface area contributed by atoms with Gasteiger partial charge in [-0.1, -0.05) is 40.9 Å². The van der Waals surface area contributed by atoms with Gasteiger partial charge in [-0.15, -0.1) is 0 Å². The Bertz CT molecular complexity index is 974. The first-order chi connectivity index (χ1) is 11.0. The molecule has 0 radical (unpaired) electrons. The number of benzene rings is 2. The highest BCUT2D eigenvalue weighted by molar-refractivity contribution is 7.03. The van der Waals surface area contributed by atoms with Gasteiger partial charge in [-0.2, -0.15) is 0 Å². The Kier molecular flexibility index (Phi) is 4.64. The standard InChI is InChI=1S/C15H9Cl3N2O2S/c16-10-2-4-11(5-3-10)20-14(21)19(15(22)23-20)8-9-1-6-12(17)13(18)7-9/h1-7H,8H2. The van der Waals surface area contributed by atoms with E-state index in [9.17, 15) is 9.59 Å². The van der Waals surface area contributed by atoms with Crippen molar-refractivity contribution in [3.63, 3.8) is 0 Å². The van der Waals surface area contributed by atoms with Crippen molar-refractivity contribution in [3.05, 3.63) is 83.2 Å². The number of rotatable bonds is 3. The zero-order valence-corrected chi connectivity index (χ0v) is 14.6. The Morgan fingerprint density at radius 3 is 2.26 bits per heavy atom. The van der Waals surface area contributed by atoms with Gasteiger partial charge >= 0.3 is 10.6 Å². The molecule has 3 rings (SSSR count). The molecule has 0 unspecified atom stereocenters. The topological polar surface area (TPSA) is 44.0 Å². The van der Waals surface area contributed by atoms with Gasteiger partial charge in [-0.05, 0) is 42.0 Å². The van der Waals surface area contributed by atoms with E-state index in [4.69, 9.17) is 34.8 Å². The summed E-state index contributed by atoms with van der Waals surface area (Å²) in [5.41, 5.74) is 0.905. The lowest BCUT2D eigenvalue weighted by atomic mass is 10.2. The van der Waals surface area contributed by atoms with Crippen LogP contribution in [0.3, 0.4) is 0 Å². The van der Waals surface area contributed by atoms with Crippen molar-refractivity contribution in [2.75, 3.05) is 0 Å². The third-order valence-corrected chi connectivity index (χ3v) is 5.10. The first kappa shape index (κ1) is 16.3. The Morgan fingerprint density at radius 2 is 1.61 bits per heavy atom. The summed E-state index contributed by atoms with van der Waals surface area (Å²) < 4.78 is 2.48. The van der Waals surface area contributed by atoms with Crippen molar-refractivity contribution >= 4 is 46.3 Å². The average molecular weight is 388 g/mol. The third-order valence-electron chi connectivity index (χ3n) is 3.18. The summed E-state index contributed by atoms with van der Waals surface area (Å²) in [5, 5.41) is 1.36. The van der Waals surface area contributed by atoms with Crippen molar-refractivity contribution < 1.29 is 0 Å². The van der Waals surface area contributed by atoms with Crippen LogP contribution in [0.4, 0.5) is 0 Å². The number of aromatic nitrogens is 2. The fraction of sp³-hybridized carbons (Fsp3) is 0.0667. The van der Waals surface area contributed by atoms with Crippen LogP contribution in [-0.2, 0) is 6.54 Å². The molecular weight excluding hydrogens is 379 g/mol. The van der Waals surface area contributed by atoms with Crippen molar-refractivity contribution in [2.45, 2.75) is 6.54 Å². The van der Waals surface area contributed by atoms with E-state index in [0.29, 0.717) is 20.8 Å². The van der Waals surface area contributed by atoms with Crippen molar-refractivity contribution in [1.29, 1.82) is 0 Å². The second kappa shape index (κ2) is 6.53. The first-order valence-electron chi connectivity index (χ1n) is 6.49. The van der Waals surface area contributed by atoms with Gasteiger partial charge in [0, 0.05) is 16.6 Å². The van der Waals surface area contributed by atoms with Crippen LogP contribution in [0, 0.1) is 0 Å². The summed E-state index contributed by atoms with van der Waals surface area (Å²) in [6, 6.07) is 11.7. The van der Waals surface area contributed by atoms with Gasteiger partial charge in [0.15, 0.2) is 0 Å². The molecule has 0 saturated carbocycles. The molecule has 3 aromatic rings. The second-order valence-electron chi connectivity index (χ2n) is 4.75. The number of nitrogens with zero attached hydrogens (tertiary/aromatic N) is 2. The molecule has 0 amide bonds. The van der Waals surface area contributed by atoms with Crippen LogP contribution in [-0.4, -0.2) is 8.52 Å². The molecule has 23 heavy (non-hydrogen) atoms. The molecule has 4 nitrogen and oxygen atoms in total. The predicted molar refractivity (Wildman–Crippen MR) is 94.8 cm³/mol. The highest BCUT2D eigenvalue weighted by atomic mass is 35.5. The maximum Gasteiger partial charge on any atom is 0.346 e. The van der Waals surface area contributed by atoms with E-state index >= 15 is 0 Å². The predicted octanol–water partition coefficient (Wildman–Crippen LogP) is 4.07. The quantitative estimate of drug-likeness (QED) is 0.680. The molecule has 2 aromatic carbocycles. The van der Waals surface area contributed by atoms with Gasteiger partial charge < -0.3 is 0 Å². The van der Waals surface area contributed by atoms with Gasteiger partial charge in [0.05, 0.1) is 22.3 Å². The minimum atomic E-state index is -0.409. The Morgan fingerprint density at radius 1 is 0.913 bits per heavy atom. The molecule has 0 N–H and O–H groups in total. The molecule has 1 aromatic heterocycles. The molecule has 0 spiro atoms. The maximum absolute atomic E-state index is 12.5. The van der Waals surface area contributed by atoms with Crippen LogP contribution < -0.4 is 10.6 Å². The van der Waals surface area contributed by atoms with Gasteiger partial charge in [-0.25, -0.2) is 13.3 Å². The fourth-order valence-corrected chi connectivity index (χ4v) is 3.29. The van der Waals surface area contributed by atoms with E-state index in [0.717, 1.165) is 21.7 Å². The smallest absolute Gasteiger partial charge is 0.255 e. The molecule has 0 fully saturated rings. The number of hydrogen-bond donors (Lipinski definition) is 0. The third kappa shape index (κ3) is 3.38. The summed E-state index contributed by atoms with van der Waals surface area (Å²) in [4.78, 5) is 24.3. The van der Waals surface area contributed by atoms with Crippen molar-refractivity contribution in [2.24, 2.45) is 0 Å². The van der Waals surface area contributed by atoms with Crippen LogP contribution in [0.25, 0.3) is 5.69 Å². The zero-order valence-electron chi connectivity index (χ0n) is 11.5. The minimum Gasteiger partial charge on any atom is -0.255 e. The molecule has 118 valence electrons. The van der Waals surface area contributed by atoms with Crippen LogP contribution in [0.1, 0.15) is 5.56 Å². The van der Waals surface area contributed by atoms with Crippen molar-refractivity contribution in [1.82, 2.24) is 8.52 Å². The Balaban J connectivity index is 2.01. The molecule has 1 heterocycles. The molecule has 0 bridgehead atoms. The molecule has 0 saturated heterocycles. The lowest BCUT2D eigenvalue weighted by Crippen LogP contribution is -2.28. The average Bonchev–Trinajstić information content (AvgIpc) is 2.80. The highest BCUT2D eigenvalue weighted by Crippen LogP contribution is 2.22. The van der Waals surface area contributed by atoms with E-state index in [2.05, 4.69) is 0 Å². The Hall–Kier alpha value is -1.53. The molecule has 8 heteroatoms. The van der Waals surface area contributed by atoms with Crippen LogP contribution in [0.5, 0.6) is 0 Å². The van der Waals surface area contributed by atoms with Crippen molar-refractivity contribution in [3.8, 4) is 5.69 Å². The largest absolute Gasteiger partial charge is 0.346 e. The second-order valence-corrected chi connectivity index (χ2v) is 6.89. The summed E-state index contributed by atoms with van der Waals surface area (Å²) in [6.45, 7) is 0.131. The lowest BCUT2D eigenvalue weighted by Gasteiger charge is -2.03. The van der Waals surface area contributed by atoms with E-state index in [-0.39, 0.29) is 11.4 Å². The van der Waals surface area contributed by atoms with Crippen LogP contribution >= 0.6 is 46.3 Å². The van der Waals surface area contributed by atoms with Gasteiger partial charge in [0.25, 0.3) is 0 Å². The monoisotopic (exact) mass is 386 g/mol. The minimum absolute atomic E-state index is 0.131. The van der Waals surface area contributed by atoms with Gasteiger partial charge in [0.2, 0.25) is 0 Å². The van der Waals surface area contributed by atoms with Crippen LogP contribution in [0.15, 0.2) is 52.1 Å². The summed E-state index contributed by atoms with van der Waals surface area (Å²) >= 11 is 18.5. The molecule has 0 atom stereocenters. The summed E-state index contributed by atoms with van der Waals surface area (Å²) in [6.07, 6.45) is 0. The molecular formula is C15H9Cl3N2O2S. The highest BCUT2D eigenvalue weighted by Gasteiger charge is 2.12. The maximum atomic E-state index is 12.5. The number of halogens is 3. The summed E-state index contributed by atoms with van der Waals surface area (Å²) in [7, 11) is 0. The number of hydrogen-bond acceptors (Lipinski definition) is 3. The van der Waals surface area contributed by atoms with Crippen LogP contribution in [0.2, 0.25) is 15.1 Å². The van der Waals surface area contributed by atoms with Gasteiger partial charge in [-0.3, -0.25) is 4.79 Å². The molecule has 0 aliphatic heterocycles. The molecule has 0 aliphatic carbocycles. The zero-order chi connectivity index (χ0) is 16.6. The SMILES string of the molecule is O=c1sn(-c2ccc(Cl)cc2)c(=O)n1Cc1ccc(Cl)c(Cl)c1. The van der Waals surface area contributed by atoms with E-state index < -0.39 is 5.69 Å². The fourth-order valence-electron chi connectivity index (χ4n) is 2.05. The van der Waals surface area contributed by atoms with E-state index in [1.165, 1.54) is 3.96 Å². The molecule has 0 aliphatic rings. The first-order valence-corrected chi connectivity index (χ1v) is 8.39. The normalized spacial score (nSPS) is 10.9.